The third-order valence-electron chi connectivity index (χ3n) is 5.21. The Morgan fingerprint density at radius 1 is 1.16 bits per heavy atom. The smallest absolute Gasteiger partial charge is 0.0667 e. The zero-order valence-corrected chi connectivity index (χ0v) is 15.2. The van der Waals surface area contributed by atoms with Crippen molar-refractivity contribution < 1.29 is 0 Å². The Morgan fingerprint density at radius 3 is 2.88 bits per heavy atom. The topological polar surface area (TPSA) is 29.0 Å². The van der Waals surface area contributed by atoms with Crippen LogP contribution in [-0.2, 0) is 6.42 Å². The molecule has 0 bridgehead atoms. The third kappa shape index (κ3) is 3.53. The van der Waals surface area contributed by atoms with Gasteiger partial charge in [-0.2, -0.15) is 0 Å². The highest BCUT2D eigenvalue weighted by Gasteiger charge is 2.19. The minimum absolute atomic E-state index is 0.672. The molecule has 0 unspecified atom stereocenters. The van der Waals surface area contributed by atoms with E-state index in [0.717, 1.165) is 29.5 Å². The second kappa shape index (κ2) is 7.11. The van der Waals surface area contributed by atoms with Crippen LogP contribution in [0.3, 0.4) is 0 Å². The summed E-state index contributed by atoms with van der Waals surface area (Å²) in [6.45, 7) is 4.65. The van der Waals surface area contributed by atoms with E-state index in [1.165, 1.54) is 30.5 Å². The van der Waals surface area contributed by atoms with Crippen LogP contribution in [0, 0.1) is 0 Å². The van der Waals surface area contributed by atoms with Gasteiger partial charge in [0.25, 0.3) is 0 Å². The van der Waals surface area contributed by atoms with Gasteiger partial charge in [0.15, 0.2) is 0 Å². The van der Waals surface area contributed by atoms with Crippen molar-refractivity contribution in [1.29, 1.82) is 0 Å². The number of fused-ring (bicyclic) bond motifs is 1. The first kappa shape index (κ1) is 16.5. The molecule has 1 aliphatic rings. The van der Waals surface area contributed by atoms with E-state index < -0.39 is 0 Å². The van der Waals surface area contributed by atoms with Crippen LogP contribution in [-0.4, -0.2) is 34.0 Å². The summed E-state index contributed by atoms with van der Waals surface area (Å²) >= 11 is 6.27. The standard InChI is InChI=1S/C21H22ClN3/c1-15-3-2-9-25(15)10-7-19-12-16-4-5-17(11-18(16)13-24-19)20-6-8-23-14-21(20)22/h4-6,8,11-15H,2-3,7,9-10H2,1H3/t15-/m1/s1. The molecule has 3 nitrogen and oxygen atoms in total. The summed E-state index contributed by atoms with van der Waals surface area (Å²) in [4.78, 5) is 11.3. The molecule has 128 valence electrons. The summed E-state index contributed by atoms with van der Waals surface area (Å²) in [5.41, 5.74) is 3.27. The van der Waals surface area contributed by atoms with Crippen molar-refractivity contribution >= 4 is 22.4 Å². The minimum atomic E-state index is 0.672. The summed E-state index contributed by atoms with van der Waals surface area (Å²) in [6.07, 6.45) is 9.10. The average Bonchev–Trinajstić information content (AvgIpc) is 3.05. The van der Waals surface area contributed by atoms with Crippen LogP contribution < -0.4 is 0 Å². The van der Waals surface area contributed by atoms with E-state index >= 15 is 0 Å². The van der Waals surface area contributed by atoms with Crippen molar-refractivity contribution in [3.8, 4) is 11.1 Å². The molecule has 0 N–H and O–H groups in total. The molecular weight excluding hydrogens is 330 g/mol. The van der Waals surface area contributed by atoms with Crippen LogP contribution in [0.2, 0.25) is 5.02 Å². The molecule has 1 aromatic carbocycles. The molecule has 4 rings (SSSR count). The summed E-state index contributed by atoms with van der Waals surface area (Å²) in [5.74, 6) is 0. The predicted molar refractivity (Wildman–Crippen MR) is 104 cm³/mol. The van der Waals surface area contributed by atoms with E-state index in [1.54, 1.807) is 12.4 Å². The number of halogens is 1. The van der Waals surface area contributed by atoms with Gasteiger partial charge >= 0.3 is 0 Å². The maximum atomic E-state index is 6.27. The van der Waals surface area contributed by atoms with E-state index in [0.29, 0.717) is 11.1 Å². The van der Waals surface area contributed by atoms with E-state index in [1.807, 2.05) is 12.3 Å². The second-order valence-electron chi connectivity index (χ2n) is 6.87. The van der Waals surface area contributed by atoms with Gasteiger partial charge in [-0.25, -0.2) is 0 Å². The van der Waals surface area contributed by atoms with Crippen molar-refractivity contribution in [3.63, 3.8) is 0 Å². The zero-order valence-electron chi connectivity index (χ0n) is 14.5. The Balaban J connectivity index is 1.55. The second-order valence-corrected chi connectivity index (χ2v) is 7.28. The monoisotopic (exact) mass is 351 g/mol. The van der Waals surface area contributed by atoms with Gasteiger partial charge < -0.3 is 4.90 Å². The Kier molecular flexibility index (Phi) is 4.69. The van der Waals surface area contributed by atoms with Gasteiger partial charge in [0.1, 0.15) is 0 Å². The molecule has 1 aliphatic heterocycles. The molecular formula is C21H22ClN3. The highest BCUT2D eigenvalue weighted by atomic mass is 35.5. The van der Waals surface area contributed by atoms with Crippen LogP contribution in [0.5, 0.6) is 0 Å². The number of aromatic nitrogens is 2. The summed E-state index contributed by atoms with van der Waals surface area (Å²) in [7, 11) is 0. The Hall–Kier alpha value is -1.97. The fourth-order valence-electron chi connectivity index (χ4n) is 3.68. The minimum Gasteiger partial charge on any atom is -0.300 e. The number of pyridine rings is 2. The van der Waals surface area contributed by atoms with Gasteiger partial charge in [0, 0.05) is 54.2 Å². The molecule has 25 heavy (non-hydrogen) atoms. The van der Waals surface area contributed by atoms with Gasteiger partial charge in [-0.1, -0.05) is 23.7 Å². The first-order chi connectivity index (χ1) is 12.2. The number of rotatable bonds is 4. The maximum absolute atomic E-state index is 6.27. The molecule has 0 saturated carbocycles. The summed E-state index contributed by atoms with van der Waals surface area (Å²) < 4.78 is 0. The largest absolute Gasteiger partial charge is 0.300 e. The van der Waals surface area contributed by atoms with Gasteiger partial charge in [-0.3, -0.25) is 9.97 Å². The van der Waals surface area contributed by atoms with Gasteiger partial charge in [-0.05, 0) is 55.5 Å². The Bertz CT molecular complexity index is 893. The number of benzene rings is 1. The molecule has 1 saturated heterocycles. The van der Waals surface area contributed by atoms with Crippen molar-refractivity contribution in [2.24, 2.45) is 0 Å². The van der Waals surface area contributed by atoms with Crippen molar-refractivity contribution in [3.05, 3.63) is 59.6 Å². The van der Waals surface area contributed by atoms with Crippen LogP contribution in [0.25, 0.3) is 21.9 Å². The van der Waals surface area contributed by atoms with E-state index in [-0.39, 0.29) is 0 Å². The van der Waals surface area contributed by atoms with Crippen molar-refractivity contribution in [1.82, 2.24) is 14.9 Å². The zero-order chi connectivity index (χ0) is 17.2. The number of likely N-dealkylation sites (tertiary alicyclic amines) is 1. The van der Waals surface area contributed by atoms with E-state index in [2.05, 4.69) is 46.1 Å². The molecule has 0 radical (unpaired) electrons. The van der Waals surface area contributed by atoms with Crippen LogP contribution >= 0.6 is 11.6 Å². The SMILES string of the molecule is C[C@@H]1CCCN1CCc1cc2ccc(-c3ccncc3Cl)cc2cn1. The molecule has 1 atom stereocenters. The molecule has 0 aliphatic carbocycles. The highest BCUT2D eigenvalue weighted by molar-refractivity contribution is 6.33. The highest BCUT2D eigenvalue weighted by Crippen LogP contribution is 2.29. The lowest BCUT2D eigenvalue weighted by Gasteiger charge is -2.20. The number of hydrogen-bond donors (Lipinski definition) is 0. The van der Waals surface area contributed by atoms with Gasteiger partial charge in [-0.15, -0.1) is 0 Å². The average molecular weight is 352 g/mol. The Morgan fingerprint density at radius 2 is 2.08 bits per heavy atom. The van der Waals surface area contributed by atoms with Gasteiger partial charge in [0.05, 0.1) is 5.02 Å². The Labute approximate surface area is 153 Å². The van der Waals surface area contributed by atoms with Crippen LogP contribution in [0.15, 0.2) is 48.9 Å². The number of hydrogen-bond acceptors (Lipinski definition) is 3. The maximum Gasteiger partial charge on any atom is 0.0667 e. The fourth-order valence-corrected chi connectivity index (χ4v) is 3.91. The quantitative estimate of drug-likeness (QED) is 0.664. The van der Waals surface area contributed by atoms with E-state index in [9.17, 15) is 0 Å². The third-order valence-corrected chi connectivity index (χ3v) is 5.51. The normalized spacial score (nSPS) is 18.1. The molecule has 3 heterocycles. The lowest BCUT2D eigenvalue weighted by molar-refractivity contribution is 0.271. The predicted octanol–water partition coefficient (Wildman–Crippen LogP) is 4.98. The summed E-state index contributed by atoms with van der Waals surface area (Å²) in [5, 5.41) is 3.04. The fraction of sp³-hybridized carbons (Fsp3) is 0.333. The molecule has 4 heteroatoms. The van der Waals surface area contributed by atoms with Crippen LogP contribution in [0.4, 0.5) is 0 Å². The first-order valence-corrected chi connectivity index (χ1v) is 9.31. The lowest BCUT2D eigenvalue weighted by Crippen LogP contribution is -2.29. The first-order valence-electron chi connectivity index (χ1n) is 8.93. The molecule has 0 spiro atoms. The molecule has 3 aromatic rings. The van der Waals surface area contributed by atoms with Crippen LogP contribution in [0.1, 0.15) is 25.5 Å². The van der Waals surface area contributed by atoms with Crippen molar-refractivity contribution in [2.75, 3.05) is 13.1 Å². The lowest BCUT2D eigenvalue weighted by atomic mass is 10.0. The molecule has 2 aromatic heterocycles. The molecule has 1 fully saturated rings. The summed E-state index contributed by atoms with van der Waals surface area (Å²) in [6, 6.07) is 11.3. The number of nitrogens with zero attached hydrogens (tertiary/aromatic N) is 3. The molecule has 0 amide bonds. The van der Waals surface area contributed by atoms with Gasteiger partial charge in [0.2, 0.25) is 0 Å². The van der Waals surface area contributed by atoms with E-state index in [4.69, 9.17) is 11.6 Å². The van der Waals surface area contributed by atoms with Crippen molar-refractivity contribution in [2.45, 2.75) is 32.2 Å².